The first kappa shape index (κ1) is 26.6. The lowest BCUT2D eigenvalue weighted by Gasteiger charge is -2.24. The van der Waals surface area contributed by atoms with Crippen molar-refractivity contribution in [3.63, 3.8) is 0 Å². The van der Waals surface area contributed by atoms with Crippen molar-refractivity contribution < 1.29 is 27.8 Å². The van der Waals surface area contributed by atoms with Gasteiger partial charge in [-0.1, -0.05) is 42.5 Å². The number of hydrogen-bond donors (Lipinski definition) is 0. The molecule has 0 atom stereocenters. The molecule has 5 aromatic rings. The lowest BCUT2D eigenvalue weighted by atomic mass is 9.84. The molecule has 0 spiro atoms. The van der Waals surface area contributed by atoms with Crippen LogP contribution in [0.4, 0.5) is 8.78 Å². The summed E-state index contributed by atoms with van der Waals surface area (Å²) in [5, 5.41) is 2.49. The van der Waals surface area contributed by atoms with Crippen molar-refractivity contribution >= 4 is 33.6 Å². The molecule has 1 aliphatic rings. The number of para-hydroxylation sites is 1. The summed E-state index contributed by atoms with van der Waals surface area (Å²) >= 11 is 0. The van der Waals surface area contributed by atoms with Crippen LogP contribution in [0.25, 0.3) is 43.9 Å². The predicted octanol–water partition coefficient (Wildman–Crippen LogP) is 7.21. The molecule has 206 valence electrons. The number of esters is 2. The van der Waals surface area contributed by atoms with Gasteiger partial charge in [-0.05, 0) is 77.6 Å². The molecule has 0 saturated carbocycles. The lowest BCUT2D eigenvalue weighted by Crippen LogP contribution is -2.43. The number of pyridine rings is 1. The van der Waals surface area contributed by atoms with Crippen molar-refractivity contribution in [3.8, 4) is 22.3 Å². The van der Waals surface area contributed by atoms with E-state index in [-0.39, 0.29) is 37.7 Å². The van der Waals surface area contributed by atoms with E-state index >= 15 is 0 Å². The minimum Gasteiger partial charge on any atom is -0.465 e. The van der Waals surface area contributed by atoms with Crippen molar-refractivity contribution in [2.75, 3.05) is 13.2 Å². The van der Waals surface area contributed by atoms with E-state index in [0.717, 1.165) is 55.1 Å². The third-order valence-corrected chi connectivity index (χ3v) is 7.82. The molecular formula is C34H27F2NO4. The van der Waals surface area contributed by atoms with Gasteiger partial charge in [0.25, 0.3) is 0 Å². The van der Waals surface area contributed by atoms with Crippen molar-refractivity contribution in [2.24, 2.45) is 5.41 Å². The van der Waals surface area contributed by atoms with Gasteiger partial charge >= 0.3 is 11.9 Å². The fourth-order valence-electron chi connectivity index (χ4n) is 6.06. The highest BCUT2D eigenvalue weighted by Crippen LogP contribution is 2.52. The SMILES string of the molecule is CCOC(=O)C1(C(=O)OCC)Cc2c(c(-c3ccc(F)cc3)c3c(cnc4ccccc43)c2-c2ccc(F)cc2)C1. The topological polar surface area (TPSA) is 65.5 Å². The highest BCUT2D eigenvalue weighted by Gasteiger charge is 2.54. The van der Waals surface area contributed by atoms with Gasteiger partial charge in [0.15, 0.2) is 5.41 Å². The van der Waals surface area contributed by atoms with E-state index in [2.05, 4.69) is 0 Å². The van der Waals surface area contributed by atoms with Gasteiger partial charge < -0.3 is 9.47 Å². The molecule has 0 radical (unpaired) electrons. The molecule has 0 bridgehead atoms. The molecule has 0 unspecified atom stereocenters. The molecule has 0 fully saturated rings. The number of hydrogen-bond acceptors (Lipinski definition) is 5. The van der Waals surface area contributed by atoms with Crippen LogP contribution < -0.4 is 0 Å². The monoisotopic (exact) mass is 551 g/mol. The minimum atomic E-state index is -1.61. The first-order valence-corrected chi connectivity index (χ1v) is 13.6. The number of fused-ring (bicyclic) bond motifs is 4. The van der Waals surface area contributed by atoms with Crippen molar-refractivity contribution in [1.82, 2.24) is 4.98 Å². The highest BCUT2D eigenvalue weighted by atomic mass is 19.1. The van der Waals surface area contributed by atoms with Crippen LogP contribution in [0.5, 0.6) is 0 Å². The molecule has 4 aromatic carbocycles. The Balaban J connectivity index is 1.78. The van der Waals surface area contributed by atoms with Crippen LogP contribution in [0.3, 0.4) is 0 Å². The maximum Gasteiger partial charge on any atom is 0.324 e. The largest absolute Gasteiger partial charge is 0.465 e. The van der Waals surface area contributed by atoms with Crippen molar-refractivity contribution in [2.45, 2.75) is 26.7 Å². The molecule has 1 aliphatic carbocycles. The Morgan fingerprint density at radius 2 is 1.24 bits per heavy atom. The summed E-state index contributed by atoms with van der Waals surface area (Å²) in [5.74, 6) is -2.07. The number of benzene rings is 4. The molecular weight excluding hydrogens is 524 g/mol. The number of carbonyl (C=O) groups excluding carboxylic acids is 2. The molecule has 5 nitrogen and oxygen atoms in total. The summed E-state index contributed by atoms with van der Waals surface area (Å²) in [6.45, 7) is 3.59. The molecule has 6 rings (SSSR count). The molecule has 0 aliphatic heterocycles. The maximum atomic E-state index is 14.1. The van der Waals surface area contributed by atoms with Crippen LogP contribution in [-0.2, 0) is 31.9 Å². The summed E-state index contributed by atoms with van der Waals surface area (Å²) in [5.41, 5.74) is 3.66. The Morgan fingerprint density at radius 3 is 1.80 bits per heavy atom. The van der Waals surface area contributed by atoms with Gasteiger partial charge in [0.1, 0.15) is 11.6 Å². The summed E-state index contributed by atoms with van der Waals surface area (Å²) in [6, 6.07) is 20.0. The average Bonchev–Trinajstić information content (AvgIpc) is 3.39. The fraction of sp³-hybridized carbons (Fsp3) is 0.206. The zero-order valence-corrected chi connectivity index (χ0v) is 22.7. The molecule has 0 saturated heterocycles. The summed E-state index contributed by atoms with van der Waals surface area (Å²) < 4.78 is 39.1. The minimum absolute atomic E-state index is 0.0314. The van der Waals surface area contributed by atoms with Crippen LogP contribution >= 0.6 is 0 Å². The molecule has 1 aromatic heterocycles. The smallest absolute Gasteiger partial charge is 0.324 e. The second kappa shape index (κ2) is 10.4. The third-order valence-electron chi connectivity index (χ3n) is 7.82. The second-order valence-electron chi connectivity index (χ2n) is 10.2. The number of ether oxygens (including phenoxy) is 2. The van der Waals surface area contributed by atoms with Gasteiger partial charge in [-0.15, -0.1) is 0 Å². The number of carbonyl (C=O) groups is 2. The van der Waals surface area contributed by atoms with Gasteiger partial charge in [0, 0.05) is 35.2 Å². The predicted molar refractivity (Wildman–Crippen MR) is 153 cm³/mol. The second-order valence-corrected chi connectivity index (χ2v) is 10.2. The van der Waals surface area contributed by atoms with E-state index < -0.39 is 17.4 Å². The van der Waals surface area contributed by atoms with Gasteiger partial charge in [-0.25, -0.2) is 8.78 Å². The molecule has 0 amide bonds. The molecule has 41 heavy (non-hydrogen) atoms. The van der Waals surface area contributed by atoms with E-state index in [1.54, 1.807) is 44.3 Å². The zero-order chi connectivity index (χ0) is 28.7. The quantitative estimate of drug-likeness (QED) is 0.127. The van der Waals surface area contributed by atoms with Gasteiger partial charge in [0.05, 0.1) is 18.7 Å². The Hall–Kier alpha value is -4.65. The number of rotatable bonds is 6. The lowest BCUT2D eigenvalue weighted by molar-refractivity contribution is -0.171. The van der Waals surface area contributed by atoms with Crippen LogP contribution in [0.15, 0.2) is 79.0 Å². The standard InChI is InChI=1S/C34H27F2NO4/c1-3-40-32(38)34(33(39)41-4-2)17-25-26(18-34)30(21-11-15-23(36)16-12-21)31-24-7-5-6-8-28(24)37-19-27(31)29(25)20-9-13-22(35)14-10-20/h5-16,19H,3-4,17-18H2,1-2H3. The van der Waals surface area contributed by atoms with E-state index in [9.17, 15) is 18.4 Å². The van der Waals surface area contributed by atoms with E-state index in [1.807, 2.05) is 24.3 Å². The Labute approximate surface area is 235 Å². The van der Waals surface area contributed by atoms with Crippen molar-refractivity contribution in [1.29, 1.82) is 0 Å². The number of nitrogens with zero attached hydrogens (tertiary/aromatic N) is 1. The van der Waals surface area contributed by atoms with Gasteiger partial charge in [0.2, 0.25) is 0 Å². The first-order chi connectivity index (χ1) is 19.9. The van der Waals surface area contributed by atoms with E-state index in [1.165, 1.54) is 24.3 Å². The Kier molecular flexibility index (Phi) is 6.73. The Bertz CT molecular complexity index is 1800. The fourth-order valence-corrected chi connectivity index (χ4v) is 6.06. The van der Waals surface area contributed by atoms with E-state index in [0.29, 0.717) is 0 Å². The van der Waals surface area contributed by atoms with Gasteiger partial charge in [-0.3, -0.25) is 14.6 Å². The van der Waals surface area contributed by atoms with Crippen molar-refractivity contribution in [3.05, 3.63) is 102 Å². The van der Waals surface area contributed by atoms with Crippen LogP contribution in [0.2, 0.25) is 0 Å². The summed E-state index contributed by atoms with van der Waals surface area (Å²) in [4.78, 5) is 32.0. The number of halogens is 2. The molecule has 1 heterocycles. The van der Waals surface area contributed by atoms with Crippen LogP contribution in [0, 0.1) is 17.0 Å². The molecule has 0 N–H and O–H groups in total. The third kappa shape index (κ3) is 4.32. The normalized spacial score (nSPS) is 13.8. The van der Waals surface area contributed by atoms with Crippen LogP contribution in [-0.4, -0.2) is 30.1 Å². The summed E-state index contributed by atoms with van der Waals surface area (Å²) in [6.07, 6.45) is 1.84. The highest BCUT2D eigenvalue weighted by molar-refractivity contribution is 6.19. The number of aromatic nitrogens is 1. The van der Waals surface area contributed by atoms with E-state index in [4.69, 9.17) is 14.5 Å². The first-order valence-electron chi connectivity index (χ1n) is 13.6. The summed E-state index contributed by atoms with van der Waals surface area (Å²) in [7, 11) is 0. The Morgan fingerprint density at radius 1 is 0.732 bits per heavy atom. The molecule has 7 heteroatoms. The maximum absolute atomic E-state index is 14.1. The zero-order valence-electron chi connectivity index (χ0n) is 22.7. The average molecular weight is 552 g/mol. The van der Waals surface area contributed by atoms with Gasteiger partial charge in [-0.2, -0.15) is 0 Å². The van der Waals surface area contributed by atoms with Crippen LogP contribution in [0.1, 0.15) is 25.0 Å².